The molecular formula is C12H21O2-. The molecular weight excluding hydrogens is 176 g/mol. The summed E-state index contributed by atoms with van der Waals surface area (Å²) in [7, 11) is 0. The molecule has 1 saturated carbocycles. The summed E-state index contributed by atoms with van der Waals surface area (Å²) in [6.07, 6.45) is 4.94. The van der Waals surface area contributed by atoms with Crippen LogP contribution in [0.1, 0.15) is 52.9 Å². The number of carbonyl (C=O) groups is 1. The van der Waals surface area contributed by atoms with Gasteiger partial charge in [0.15, 0.2) is 0 Å². The molecule has 2 heteroatoms. The van der Waals surface area contributed by atoms with Crippen LogP contribution in [0.3, 0.4) is 0 Å². The third kappa shape index (κ3) is 3.00. The molecule has 0 spiro atoms. The maximum absolute atomic E-state index is 10.6. The van der Waals surface area contributed by atoms with Gasteiger partial charge >= 0.3 is 0 Å². The lowest BCUT2D eigenvalue weighted by molar-refractivity contribution is -0.307. The quantitative estimate of drug-likeness (QED) is 0.679. The van der Waals surface area contributed by atoms with Crippen molar-refractivity contribution < 1.29 is 9.90 Å². The van der Waals surface area contributed by atoms with Crippen LogP contribution in [0.2, 0.25) is 0 Å². The number of carboxylic acid groups (broad SMARTS) is 1. The summed E-state index contributed by atoms with van der Waals surface area (Å²) in [4.78, 5) is 10.6. The SMILES string of the molecule is CC(C)(C)C1CCCCC1CC(=O)[O-]. The second-order valence-corrected chi connectivity index (χ2v) is 5.59. The Labute approximate surface area is 86.7 Å². The van der Waals surface area contributed by atoms with Crippen molar-refractivity contribution in [1.82, 2.24) is 0 Å². The fourth-order valence-corrected chi connectivity index (χ4v) is 2.81. The van der Waals surface area contributed by atoms with Gasteiger partial charge in [-0.25, -0.2) is 0 Å². The lowest BCUT2D eigenvalue weighted by atomic mass is 9.65. The van der Waals surface area contributed by atoms with Gasteiger partial charge < -0.3 is 9.90 Å². The van der Waals surface area contributed by atoms with Crippen LogP contribution in [0, 0.1) is 17.3 Å². The van der Waals surface area contributed by atoms with Gasteiger partial charge in [-0.1, -0.05) is 33.6 Å². The number of hydrogen-bond acceptors (Lipinski definition) is 2. The van der Waals surface area contributed by atoms with E-state index in [0.717, 1.165) is 6.42 Å². The van der Waals surface area contributed by atoms with Crippen LogP contribution < -0.4 is 5.11 Å². The molecule has 1 aliphatic rings. The highest BCUT2D eigenvalue weighted by molar-refractivity contribution is 5.64. The Hall–Kier alpha value is -0.530. The third-order valence-corrected chi connectivity index (χ3v) is 3.45. The second-order valence-electron chi connectivity index (χ2n) is 5.59. The zero-order chi connectivity index (χ0) is 10.8. The fourth-order valence-electron chi connectivity index (χ4n) is 2.81. The zero-order valence-electron chi connectivity index (χ0n) is 9.51. The number of carboxylic acids is 1. The van der Waals surface area contributed by atoms with Crippen LogP contribution in [0.5, 0.6) is 0 Å². The van der Waals surface area contributed by atoms with Gasteiger partial charge in [-0.05, 0) is 36.5 Å². The predicted octanol–water partition coefficient (Wildman–Crippen LogP) is 1.98. The molecule has 1 rings (SSSR count). The largest absolute Gasteiger partial charge is 0.550 e. The first-order chi connectivity index (χ1) is 6.41. The molecule has 0 aromatic rings. The molecule has 0 aromatic carbocycles. The molecule has 0 saturated heterocycles. The van der Waals surface area contributed by atoms with Gasteiger partial charge in [0, 0.05) is 5.97 Å². The molecule has 82 valence electrons. The van der Waals surface area contributed by atoms with Gasteiger partial charge in [0.05, 0.1) is 0 Å². The van der Waals surface area contributed by atoms with E-state index in [-0.39, 0.29) is 11.8 Å². The first-order valence-corrected chi connectivity index (χ1v) is 5.61. The van der Waals surface area contributed by atoms with Crippen molar-refractivity contribution in [3.05, 3.63) is 0 Å². The number of aliphatic carboxylic acids is 1. The summed E-state index contributed by atoms with van der Waals surface area (Å²) in [5.41, 5.74) is 0.237. The molecule has 14 heavy (non-hydrogen) atoms. The van der Waals surface area contributed by atoms with Crippen molar-refractivity contribution in [3.8, 4) is 0 Å². The van der Waals surface area contributed by atoms with E-state index in [2.05, 4.69) is 20.8 Å². The number of rotatable bonds is 2. The molecule has 0 N–H and O–H groups in total. The van der Waals surface area contributed by atoms with Crippen molar-refractivity contribution in [3.63, 3.8) is 0 Å². The zero-order valence-corrected chi connectivity index (χ0v) is 9.51. The average molecular weight is 197 g/mol. The molecule has 1 fully saturated rings. The first kappa shape index (κ1) is 11.5. The topological polar surface area (TPSA) is 40.1 Å². The minimum Gasteiger partial charge on any atom is -0.550 e. The molecule has 0 aliphatic heterocycles. The smallest absolute Gasteiger partial charge is 0.0417 e. The van der Waals surface area contributed by atoms with E-state index in [0.29, 0.717) is 11.8 Å². The second kappa shape index (κ2) is 4.33. The van der Waals surface area contributed by atoms with Crippen LogP contribution in [0.4, 0.5) is 0 Å². The molecule has 0 amide bonds. The summed E-state index contributed by atoms with van der Waals surface area (Å²) < 4.78 is 0. The molecule has 0 heterocycles. The van der Waals surface area contributed by atoms with Gasteiger partial charge in [-0.15, -0.1) is 0 Å². The van der Waals surface area contributed by atoms with E-state index in [4.69, 9.17) is 0 Å². The van der Waals surface area contributed by atoms with Crippen LogP contribution in [-0.2, 0) is 4.79 Å². The monoisotopic (exact) mass is 197 g/mol. The van der Waals surface area contributed by atoms with Crippen LogP contribution >= 0.6 is 0 Å². The van der Waals surface area contributed by atoms with E-state index in [1.807, 2.05) is 0 Å². The van der Waals surface area contributed by atoms with Crippen molar-refractivity contribution in [2.45, 2.75) is 52.9 Å². The average Bonchev–Trinajstić information content (AvgIpc) is 2.01. The minimum absolute atomic E-state index is 0.237. The highest BCUT2D eigenvalue weighted by Gasteiger charge is 2.33. The lowest BCUT2D eigenvalue weighted by Gasteiger charge is -2.40. The standard InChI is InChI=1S/C12H22O2/c1-12(2,3)10-7-5-4-6-9(10)8-11(13)14/h9-10H,4-8H2,1-3H3,(H,13,14)/p-1. The first-order valence-electron chi connectivity index (χ1n) is 5.61. The number of hydrogen-bond donors (Lipinski definition) is 0. The van der Waals surface area contributed by atoms with E-state index < -0.39 is 5.97 Å². The Morgan fingerprint density at radius 3 is 2.36 bits per heavy atom. The summed E-state index contributed by atoms with van der Waals surface area (Å²) in [6, 6.07) is 0. The summed E-state index contributed by atoms with van der Waals surface area (Å²) in [6.45, 7) is 6.64. The molecule has 0 radical (unpaired) electrons. The van der Waals surface area contributed by atoms with E-state index in [1.165, 1.54) is 19.3 Å². The summed E-state index contributed by atoms with van der Waals surface area (Å²) in [5.74, 6) is 0.00838. The van der Waals surface area contributed by atoms with Crippen molar-refractivity contribution >= 4 is 5.97 Å². The van der Waals surface area contributed by atoms with Gasteiger partial charge in [-0.2, -0.15) is 0 Å². The molecule has 1 aliphatic carbocycles. The fraction of sp³-hybridized carbons (Fsp3) is 0.917. The Kier molecular flexibility index (Phi) is 3.57. The van der Waals surface area contributed by atoms with Crippen LogP contribution in [0.25, 0.3) is 0 Å². The van der Waals surface area contributed by atoms with Crippen molar-refractivity contribution in [2.24, 2.45) is 17.3 Å². The normalized spacial score (nSPS) is 28.8. The summed E-state index contributed by atoms with van der Waals surface area (Å²) in [5, 5.41) is 10.6. The Bertz CT molecular complexity index is 203. The number of carbonyl (C=O) groups excluding carboxylic acids is 1. The van der Waals surface area contributed by atoms with Crippen LogP contribution in [0.15, 0.2) is 0 Å². The Morgan fingerprint density at radius 1 is 1.29 bits per heavy atom. The van der Waals surface area contributed by atoms with Crippen molar-refractivity contribution in [1.29, 1.82) is 0 Å². The Balaban J connectivity index is 2.64. The highest BCUT2D eigenvalue weighted by atomic mass is 16.4. The molecule has 2 nitrogen and oxygen atoms in total. The van der Waals surface area contributed by atoms with Gasteiger partial charge in [-0.3, -0.25) is 0 Å². The Morgan fingerprint density at radius 2 is 1.86 bits per heavy atom. The minimum atomic E-state index is -0.883. The molecule has 2 unspecified atom stereocenters. The highest BCUT2D eigenvalue weighted by Crippen LogP contribution is 2.42. The molecule has 2 atom stereocenters. The van der Waals surface area contributed by atoms with Crippen LogP contribution in [-0.4, -0.2) is 5.97 Å². The van der Waals surface area contributed by atoms with E-state index >= 15 is 0 Å². The molecule has 0 bridgehead atoms. The van der Waals surface area contributed by atoms with Gasteiger partial charge in [0.1, 0.15) is 0 Å². The van der Waals surface area contributed by atoms with E-state index in [9.17, 15) is 9.90 Å². The lowest BCUT2D eigenvalue weighted by Crippen LogP contribution is -2.35. The maximum atomic E-state index is 10.6. The van der Waals surface area contributed by atoms with Crippen molar-refractivity contribution in [2.75, 3.05) is 0 Å². The maximum Gasteiger partial charge on any atom is 0.0417 e. The van der Waals surface area contributed by atoms with Gasteiger partial charge in [0.25, 0.3) is 0 Å². The summed E-state index contributed by atoms with van der Waals surface area (Å²) >= 11 is 0. The third-order valence-electron chi connectivity index (χ3n) is 3.45. The molecule has 0 aromatic heterocycles. The van der Waals surface area contributed by atoms with Gasteiger partial charge in [0.2, 0.25) is 0 Å². The predicted molar refractivity (Wildman–Crippen MR) is 54.5 cm³/mol. The van der Waals surface area contributed by atoms with E-state index in [1.54, 1.807) is 0 Å².